The van der Waals surface area contributed by atoms with E-state index in [0.29, 0.717) is 0 Å². The Bertz CT molecular complexity index is 558. The first kappa shape index (κ1) is 21.4. The van der Waals surface area contributed by atoms with Crippen molar-refractivity contribution in [3.63, 3.8) is 0 Å². The number of hydrogen-bond donors (Lipinski definition) is 4. The molecule has 0 aromatic heterocycles. The lowest BCUT2D eigenvalue weighted by molar-refractivity contribution is -0.135. The van der Waals surface area contributed by atoms with Gasteiger partial charge in [-0.15, -0.1) is 0 Å². The van der Waals surface area contributed by atoms with Crippen molar-refractivity contribution in [3.05, 3.63) is 35.4 Å². The standard InChI is InChI=1S/C17H25F3N2O3/c1-17(2,20)4-3-11(16(24)22-25)8-15(23)14(21)7-10-5-12(18)9-13(19)6-10/h5-6,9,11,14-15,23,25H,3-4,7-8,21H2,1-2H3,(H,22,24). The lowest BCUT2D eigenvalue weighted by Gasteiger charge is -2.25. The van der Waals surface area contributed by atoms with Gasteiger partial charge < -0.3 is 10.8 Å². The number of nitrogens with one attached hydrogen (secondary N) is 1. The molecule has 5 N–H and O–H groups in total. The van der Waals surface area contributed by atoms with Crippen LogP contribution in [0, 0.1) is 17.6 Å². The summed E-state index contributed by atoms with van der Waals surface area (Å²) >= 11 is 0. The van der Waals surface area contributed by atoms with Gasteiger partial charge in [-0.3, -0.25) is 10.0 Å². The summed E-state index contributed by atoms with van der Waals surface area (Å²) in [5.74, 6) is -3.09. The molecule has 1 aromatic rings. The highest BCUT2D eigenvalue weighted by molar-refractivity contribution is 5.77. The fourth-order valence-electron chi connectivity index (χ4n) is 2.57. The monoisotopic (exact) mass is 362 g/mol. The van der Waals surface area contributed by atoms with Gasteiger partial charge in [0.05, 0.1) is 6.10 Å². The smallest absolute Gasteiger partial charge is 0.246 e. The summed E-state index contributed by atoms with van der Waals surface area (Å²) in [4.78, 5) is 11.7. The first-order chi connectivity index (χ1) is 11.5. The third kappa shape index (κ3) is 7.85. The molecule has 0 bridgehead atoms. The second-order valence-electron chi connectivity index (χ2n) is 6.88. The topological polar surface area (TPSA) is 95.6 Å². The molecule has 0 fully saturated rings. The minimum absolute atomic E-state index is 0.00207. The molecule has 0 heterocycles. The molecule has 0 aliphatic rings. The SMILES string of the molecule is CC(C)(F)CCC(CC(O)C(N)Cc1cc(F)cc(F)c1)C(=O)NO. The quantitative estimate of drug-likeness (QED) is 0.400. The van der Waals surface area contributed by atoms with Crippen LogP contribution in [0.25, 0.3) is 0 Å². The van der Waals surface area contributed by atoms with Gasteiger partial charge >= 0.3 is 0 Å². The number of aliphatic hydroxyl groups excluding tert-OH is 1. The number of aliphatic hydroxyl groups is 1. The van der Waals surface area contributed by atoms with Crippen LogP contribution in [0.15, 0.2) is 18.2 Å². The number of benzene rings is 1. The van der Waals surface area contributed by atoms with Gasteiger partial charge in [0.25, 0.3) is 0 Å². The highest BCUT2D eigenvalue weighted by Gasteiger charge is 2.28. The van der Waals surface area contributed by atoms with E-state index in [9.17, 15) is 23.1 Å². The number of rotatable bonds is 9. The van der Waals surface area contributed by atoms with Crippen LogP contribution in [0.5, 0.6) is 0 Å². The van der Waals surface area contributed by atoms with Crippen LogP contribution in [-0.4, -0.2) is 34.0 Å². The Morgan fingerprint density at radius 2 is 1.84 bits per heavy atom. The van der Waals surface area contributed by atoms with Gasteiger partial charge in [-0.05, 0) is 57.2 Å². The Labute approximate surface area is 145 Å². The molecule has 1 amide bonds. The van der Waals surface area contributed by atoms with Crippen molar-refractivity contribution in [2.45, 2.75) is 57.3 Å². The molecule has 5 nitrogen and oxygen atoms in total. The number of halogens is 3. The zero-order chi connectivity index (χ0) is 19.2. The lowest BCUT2D eigenvalue weighted by atomic mass is 9.88. The Morgan fingerprint density at radius 1 is 1.28 bits per heavy atom. The molecule has 1 aromatic carbocycles. The number of nitrogens with two attached hydrogens (primary N) is 1. The van der Waals surface area contributed by atoms with Gasteiger partial charge in [-0.2, -0.15) is 0 Å². The van der Waals surface area contributed by atoms with Crippen LogP contribution in [0.2, 0.25) is 0 Å². The summed E-state index contributed by atoms with van der Waals surface area (Å²) in [6.45, 7) is 2.73. The van der Waals surface area contributed by atoms with E-state index >= 15 is 0 Å². The molecule has 0 aliphatic heterocycles. The van der Waals surface area contributed by atoms with Gasteiger partial charge in [0.15, 0.2) is 0 Å². The number of amides is 1. The zero-order valence-electron chi connectivity index (χ0n) is 14.3. The predicted octanol–water partition coefficient (Wildman–Crippen LogP) is 2.24. The van der Waals surface area contributed by atoms with E-state index in [0.717, 1.165) is 18.2 Å². The van der Waals surface area contributed by atoms with E-state index in [2.05, 4.69) is 0 Å². The predicted molar refractivity (Wildman–Crippen MR) is 86.5 cm³/mol. The summed E-state index contributed by atoms with van der Waals surface area (Å²) < 4.78 is 40.0. The average Bonchev–Trinajstić information content (AvgIpc) is 2.48. The van der Waals surface area contributed by atoms with Gasteiger partial charge in [0.2, 0.25) is 5.91 Å². The van der Waals surface area contributed by atoms with Crippen LogP contribution in [-0.2, 0) is 11.2 Å². The summed E-state index contributed by atoms with van der Waals surface area (Å²) in [6, 6.07) is 2.07. The molecule has 0 aliphatic carbocycles. The fraction of sp³-hybridized carbons (Fsp3) is 0.588. The largest absolute Gasteiger partial charge is 0.391 e. The first-order valence-electron chi connectivity index (χ1n) is 8.03. The minimum atomic E-state index is -1.50. The van der Waals surface area contributed by atoms with Crippen molar-refractivity contribution < 1.29 is 28.3 Å². The van der Waals surface area contributed by atoms with Crippen LogP contribution >= 0.6 is 0 Å². The molecule has 25 heavy (non-hydrogen) atoms. The molecule has 0 saturated heterocycles. The summed E-state index contributed by atoms with van der Waals surface area (Å²) in [5.41, 5.74) is 6.13. The fourth-order valence-corrected chi connectivity index (χ4v) is 2.57. The normalized spacial score (nSPS) is 15.5. The Hall–Kier alpha value is -1.64. The van der Waals surface area contributed by atoms with Crippen LogP contribution in [0.3, 0.4) is 0 Å². The lowest BCUT2D eigenvalue weighted by Crippen LogP contribution is -2.40. The van der Waals surface area contributed by atoms with Gasteiger partial charge in [0.1, 0.15) is 17.3 Å². The molecular formula is C17H25F3N2O3. The van der Waals surface area contributed by atoms with Crippen LogP contribution in [0.1, 0.15) is 38.7 Å². The second-order valence-corrected chi connectivity index (χ2v) is 6.88. The maximum Gasteiger partial charge on any atom is 0.246 e. The third-order valence-electron chi connectivity index (χ3n) is 3.98. The summed E-state index contributed by atoms with van der Waals surface area (Å²) in [6.07, 6.45) is -1.12. The maximum atomic E-state index is 13.6. The number of carbonyl (C=O) groups is 1. The van der Waals surface area contributed by atoms with E-state index < -0.39 is 41.3 Å². The third-order valence-corrected chi connectivity index (χ3v) is 3.98. The number of carbonyl (C=O) groups excluding carboxylic acids is 1. The van der Waals surface area contributed by atoms with E-state index in [4.69, 9.17) is 10.9 Å². The van der Waals surface area contributed by atoms with E-state index in [1.807, 2.05) is 0 Å². The van der Waals surface area contributed by atoms with Crippen LogP contribution < -0.4 is 11.2 Å². The molecule has 8 heteroatoms. The van der Waals surface area contributed by atoms with Crippen molar-refractivity contribution in [1.82, 2.24) is 5.48 Å². The molecule has 0 spiro atoms. The van der Waals surface area contributed by atoms with Crippen molar-refractivity contribution in [2.24, 2.45) is 11.7 Å². The van der Waals surface area contributed by atoms with Crippen molar-refractivity contribution in [2.75, 3.05) is 0 Å². The highest BCUT2D eigenvalue weighted by Crippen LogP contribution is 2.24. The van der Waals surface area contributed by atoms with E-state index in [1.54, 1.807) is 0 Å². The Morgan fingerprint density at radius 3 is 2.32 bits per heavy atom. The van der Waals surface area contributed by atoms with E-state index in [-0.39, 0.29) is 31.2 Å². The number of hydrogen-bond acceptors (Lipinski definition) is 4. The average molecular weight is 362 g/mol. The first-order valence-corrected chi connectivity index (χ1v) is 8.03. The molecule has 0 radical (unpaired) electrons. The maximum absolute atomic E-state index is 13.6. The van der Waals surface area contributed by atoms with E-state index in [1.165, 1.54) is 19.3 Å². The molecular weight excluding hydrogens is 337 g/mol. The number of alkyl halides is 1. The zero-order valence-corrected chi connectivity index (χ0v) is 14.3. The van der Waals surface area contributed by atoms with Crippen molar-refractivity contribution in [3.8, 4) is 0 Å². The highest BCUT2D eigenvalue weighted by atomic mass is 19.1. The molecule has 0 saturated carbocycles. The molecule has 3 atom stereocenters. The van der Waals surface area contributed by atoms with Crippen molar-refractivity contribution >= 4 is 5.91 Å². The van der Waals surface area contributed by atoms with Gasteiger partial charge in [-0.1, -0.05) is 0 Å². The van der Waals surface area contributed by atoms with Crippen molar-refractivity contribution in [1.29, 1.82) is 0 Å². The molecule has 142 valence electrons. The molecule has 3 unspecified atom stereocenters. The Balaban J connectivity index is 2.70. The van der Waals surface area contributed by atoms with Crippen LogP contribution in [0.4, 0.5) is 13.2 Å². The minimum Gasteiger partial charge on any atom is -0.391 e. The van der Waals surface area contributed by atoms with Gasteiger partial charge in [-0.25, -0.2) is 18.7 Å². The van der Waals surface area contributed by atoms with Gasteiger partial charge in [0, 0.05) is 18.0 Å². The Kier molecular flexibility index (Phi) is 7.85. The second kappa shape index (κ2) is 9.17. The molecule has 1 rings (SSSR count). The summed E-state index contributed by atoms with van der Waals surface area (Å²) in [7, 11) is 0. The number of hydroxylamine groups is 1. The summed E-state index contributed by atoms with van der Waals surface area (Å²) in [5, 5.41) is 19.0.